The molecule has 0 radical (unpaired) electrons. The number of hydrogen-bond donors (Lipinski definition) is 1. The summed E-state index contributed by atoms with van der Waals surface area (Å²) in [6.45, 7) is 0. The van der Waals surface area contributed by atoms with Crippen molar-refractivity contribution in [1.29, 1.82) is 0 Å². The van der Waals surface area contributed by atoms with E-state index in [0.29, 0.717) is 5.17 Å². The van der Waals surface area contributed by atoms with Crippen LogP contribution < -0.4 is 0 Å². The van der Waals surface area contributed by atoms with E-state index >= 15 is 0 Å². The molecular weight excluding hydrogens is 167 g/mol. The molecule has 0 amide bonds. The zero-order valence-corrected chi connectivity index (χ0v) is 6.18. The average Bonchev–Trinajstić information content (AvgIpc) is 2.27. The first kappa shape index (κ1) is 9.26. The quantitative estimate of drug-likeness (QED) is 0.417. The number of aliphatic imine (C=N–C) groups is 2. The number of allylic oxidation sites excluding steroid dienone is 3. The van der Waals surface area contributed by atoms with E-state index in [1.165, 1.54) is 0 Å². The summed E-state index contributed by atoms with van der Waals surface area (Å²) in [6.07, 6.45) is 7.03. The van der Waals surface area contributed by atoms with Crippen LogP contribution in [0.1, 0.15) is 6.42 Å². The van der Waals surface area contributed by atoms with Gasteiger partial charge in [0.15, 0.2) is 5.17 Å². The van der Waals surface area contributed by atoms with Crippen LogP contribution >= 0.6 is 12.6 Å². The van der Waals surface area contributed by atoms with Crippen LogP contribution in [0.3, 0.4) is 0 Å². The van der Waals surface area contributed by atoms with Gasteiger partial charge >= 0.3 is 29.6 Å². The van der Waals surface area contributed by atoms with Crippen LogP contribution in [-0.2, 0) is 0 Å². The third-order valence-electron chi connectivity index (χ3n) is 1.43. The van der Waals surface area contributed by atoms with Gasteiger partial charge in [0, 0.05) is 0 Å². The molecule has 1 aliphatic carbocycles. The van der Waals surface area contributed by atoms with Gasteiger partial charge in [-0.3, -0.25) is 0 Å². The molecule has 0 fully saturated rings. The molecule has 0 unspecified atom stereocenters. The van der Waals surface area contributed by atoms with Gasteiger partial charge in [-0.15, -0.1) is 12.6 Å². The molecule has 1 heterocycles. The molecule has 0 bridgehead atoms. The Hall–Kier alpha value is 0.170. The molecule has 0 saturated carbocycles. The second-order valence-electron chi connectivity index (χ2n) is 2.14. The van der Waals surface area contributed by atoms with Crippen LogP contribution in [0.15, 0.2) is 33.9 Å². The summed E-state index contributed by atoms with van der Waals surface area (Å²) in [5.41, 5.74) is 1.91. The molecule has 2 rings (SSSR count). The van der Waals surface area contributed by atoms with Crippen LogP contribution in [-0.4, -0.2) is 40.4 Å². The molecule has 2 aliphatic rings. The topological polar surface area (TPSA) is 24.7 Å². The number of rotatable bonds is 0. The van der Waals surface area contributed by atoms with Gasteiger partial charge in [-0.05, 0) is 12.5 Å². The van der Waals surface area contributed by atoms with Gasteiger partial charge in [0.2, 0.25) is 0 Å². The Morgan fingerprint density at radius 3 is 2.91 bits per heavy atom. The van der Waals surface area contributed by atoms with Crippen molar-refractivity contribution in [3.8, 4) is 0 Å². The zero-order chi connectivity index (χ0) is 6.97. The Balaban J connectivity index is 0.000000605. The van der Waals surface area contributed by atoms with Crippen molar-refractivity contribution >= 4 is 53.1 Å². The summed E-state index contributed by atoms with van der Waals surface area (Å²) >= 11 is 4.03. The first-order valence-electron chi connectivity index (χ1n) is 3.10. The number of fused-ring (bicyclic) bond motifs is 1. The third kappa shape index (κ3) is 1.85. The Morgan fingerprint density at radius 2 is 2.18 bits per heavy atom. The number of hydrogen-bond acceptors (Lipinski definition) is 2. The first-order chi connectivity index (χ1) is 4.86. The molecule has 0 N–H and O–H groups in total. The molecule has 0 aromatic heterocycles. The summed E-state index contributed by atoms with van der Waals surface area (Å²) in [6, 6.07) is 0. The predicted octanol–water partition coefficient (Wildman–Crippen LogP) is 0.922. The van der Waals surface area contributed by atoms with Crippen molar-refractivity contribution in [3.63, 3.8) is 0 Å². The summed E-state index contributed by atoms with van der Waals surface area (Å²) in [7, 11) is 0. The van der Waals surface area contributed by atoms with Gasteiger partial charge < -0.3 is 0 Å². The Bertz CT molecular complexity index is 289. The van der Waals surface area contributed by atoms with E-state index in [9.17, 15) is 0 Å². The van der Waals surface area contributed by atoms with E-state index in [2.05, 4.69) is 28.7 Å². The fourth-order valence-corrected chi connectivity index (χ4v) is 1.20. The number of nitrogens with zero attached hydrogens (tertiary/aromatic N) is 2. The third-order valence-corrected chi connectivity index (χ3v) is 1.63. The van der Waals surface area contributed by atoms with Crippen molar-refractivity contribution in [1.82, 2.24) is 0 Å². The monoisotopic (exact) mass is 174 g/mol. The number of thiol groups is 1. The van der Waals surface area contributed by atoms with Crippen molar-refractivity contribution in [3.05, 3.63) is 23.9 Å². The summed E-state index contributed by atoms with van der Waals surface area (Å²) in [4.78, 5) is 8.18. The molecule has 11 heavy (non-hydrogen) atoms. The van der Waals surface area contributed by atoms with Crippen LogP contribution in [0.4, 0.5) is 0 Å². The fourth-order valence-electron chi connectivity index (χ4n) is 0.987. The van der Waals surface area contributed by atoms with Gasteiger partial charge in [0.25, 0.3) is 0 Å². The number of amidine groups is 1. The molecule has 0 spiro atoms. The second-order valence-corrected chi connectivity index (χ2v) is 2.54. The molecule has 4 heteroatoms. The zero-order valence-electron chi connectivity index (χ0n) is 5.28. The standard InChI is InChI=1S/C7H6N2S.Na.H/c10-7-8-5-3-1-2-4-6(5)9-7;;/h1,3-4H,2H2,(H,9,10);;. The van der Waals surface area contributed by atoms with Crippen molar-refractivity contribution in [2.24, 2.45) is 9.98 Å². The van der Waals surface area contributed by atoms with Gasteiger partial charge in [0.05, 0.1) is 11.4 Å². The van der Waals surface area contributed by atoms with E-state index in [1.54, 1.807) is 0 Å². The van der Waals surface area contributed by atoms with Crippen LogP contribution in [0.2, 0.25) is 0 Å². The minimum atomic E-state index is 0. The van der Waals surface area contributed by atoms with Crippen molar-refractivity contribution in [2.45, 2.75) is 6.42 Å². The summed E-state index contributed by atoms with van der Waals surface area (Å²) < 4.78 is 0. The van der Waals surface area contributed by atoms with E-state index in [4.69, 9.17) is 0 Å². The SMILES string of the molecule is SC1=NC2=CCC=CC2=N1.[NaH]. The maximum absolute atomic E-state index is 4.10. The van der Waals surface area contributed by atoms with E-state index in [1.807, 2.05) is 12.2 Å². The fraction of sp³-hybridized carbons (Fsp3) is 0.143. The molecular formula is C7H7N2NaS. The molecule has 1 aliphatic heterocycles. The van der Waals surface area contributed by atoms with Gasteiger partial charge in [-0.2, -0.15) is 0 Å². The van der Waals surface area contributed by atoms with Gasteiger partial charge in [-0.25, -0.2) is 9.98 Å². The van der Waals surface area contributed by atoms with Gasteiger partial charge in [0.1, 0.15) is 0 Å². The first-order valence-corrected chi connectivity index (χ1v) is 3.54. The predicted molar refractivity (Wildman–Crippen MR) is 52.8 cm³/mol. The Kier molecular flexibility index (Phi) is 3.13. The molecule has 0 atom stereocenters. The van der Waals surface area contributed by atoms with E-state index in [-0.39, 0.29) is 29.6 Å². The Labute approximate surface area is 92.9 Å². The molecule has 0 aromatic carbocycles. The molecule has 0 saturated heterocycles. The second kappa shape index (κ2) is 3.72. The van der Waals surface area contributed by atoms with E-state index < -0.39 is 0 Å². The van der Waals surface area contributed by atoms with Crippen LogP contribution in [0, 0.1) is 0 Å². The molecule has 52 valence electrons. The Morgan fingerprint density at radius 1 is 1.36 bits per heavy atom. The summed E-state index contributed by atoms with van der Waals surface area (Å²) in [5, 5.41) is 0.563. The van der Waals surface area contributed by atoms with E-state index in [0.717, 1.165) is 17.8 Å². The van der Waals surface area contributed by atoms with Crippen molar-refractivity contribution in [2.75, 3.05) is 0 Å². The maximum atomic E-state index is 4.10. The normalized spacial score (nSPS) is 19.5. The summed E-state index contributed by atoms with van der Waals surface area (Å²) in [5.74, 6) is 0. The van der Waals surface area contributed by atoms with Crippen LogP contribution in [0.5, 0.6) is 0 Å². The molecule has 2 nitrogen and oxygen atoms in total. The average molecular weight is 174 g/mol. The van der Waals surface area contributed by atoms with Crippen LogP contribution in [0.25, 0.3) is 0 Å². The van der Waals surface area contributed by atoms with Crippen molar-refractivity contribution < 1.29 is 0 Å². The van der Waals surface area contributed by atoms with Gasteiger partial charge in [-0.1, -0.05) is 12.2 Å². The minimum absolute atomic E-state index is 0. The molecule has 0 aromatic rings.